The van der Waals surface area contributed by atoms with Crippen molar-refractivity contribution in [3.05, 3.63) is 39.8 Å². The third-order valence-electron chi connectivity index (χ3n) is 1.78. The first-order chi connectivity index (χ1) is 5.61. The van der Waals surface area contributed by atoms with E-state index < -0.39 is 4.92 Å². The maximum atomic E-state index is 10.0. The molecule has 0 aromatic carbocycles. The van der Waals surface area contributed by atoms with Crippen molar-refractivity contribution >= 4 is 6.08 Å². The van der Waals surface area contributed by atoms with Crippen LogP contribution < -0.4 is 0 Å². The second-order valence-corrected chi connectivity index (χ2v) is 2.56. The van der Waals surface area contributed by atoms with Gasteiger partial charge < -0.3 is 4.57 Å². The first-order valence-electron chi connectivity index (χ1n) is 3.55. The van der Waals surface area contributed by atoms with Gasteiger partial charge in [-0.15, -0.1) is 0 Å². The molecular formula is C8H10N2O2. The maximum Gasteiger partial charge on any atom is 0.236 e. The van der Waals surface area contributed by atoms with Crippen LogP contribution in [0.15, 0.2) is 18.3 Å². The van der Waals surface area contributed by atoms with E-state index >= 15 is 0 Å². The summed E-state index contributed by atoms with van der Waals surface area (Å²) in [6.07, 6.45) is 2.42. The maximum absolute atomic E-state index is 10.0. The number of aryl methyl sites for hydroxylation is 1. The standard InChI is InChI=1S/C8H10N2O2/c1-7-3-4-8(9(7)2)5-6-10(11)12/h3-6H,1-2H3/b6-5-. The van der Waals surface area contributed by atoms with Gasteiger partial charge >= 0.3 is 0 Å². The highest BCUT2D eigenvalue weighted by Gasteiger charge is 1.97. The van der Waals surface area contributed by atoms with Crippen LogP contribution >= 0.6 is 0 Å². The van der Waals surface area contributed by atoms with Crippen molar-refractivity contribution in [1.29, 1.82) is 0 Å². The second-order valence-electron chi connectivity index (χ2n) is 2.56. The van der Waals surface area contributed by atoms with Crippen molar-refractivity contribution in [3.8, 4) is 0 Å². The zero-order valence-corrected chi connectivity index (χ0v) is 7.02. The van der Waals surface area contributed by atoms with Crippen molar-refractivity contribution < 1.29 is 4.92 Å². The van der Waals surface area contributed by atoms with Crippen LogP contribution in [-0.2, 0) is 7.05 Å². The summed E-state index contributed by atoms with van der Waals surface area (Å²) in [6, 6.07) is 3.76. The highest BCUT2D eigenvalue weighted by molar-refractivity contribution is 5.45. The van der Waals surface area contributed by atoms with Crippen molar-refractivity contribution in [3.63, 3.8) is 0 Å². The van der Waals surface area contributed by atoms with Gasteiger partial charge in [0.15, 0.2) is 0 Å². The quantitative estimate of drug-likeness (QED) is 0.494. The Hall–Kier alpha value is -1.58. The van der Waals surface area contributed by atoms with Gasteiger partial charge in [-0.05, 0) is 19.1 Å². The molecule has 0 unspecified atom stereocenters. The van der Waals surface area contributed by atoms with Gasteiger partial charge in [0.25, 0.3) is 0 Å². The number of nitrogens with zero attached hydrogens (tertiary/aromatic N) is 2. The predicted octanol–water partition coefficient (Wildman–Crippen LogP) is 1.58. The molecule has 0 amide bonds. The van der Waals surface area contributed by atoms with Crippen LogP contribution in [0.5, 0.6) is 0 Å². The minimum absolute atomic E-state index is 0.470. The van der Waals surface area contributed by atoms with Crippen molar-refractivity contribution in [2.75, 3.05) is 0 Å². The Balaban J connectivity index is 2.90. The largest absolute Gasteiger partial charge is 0.348 e. The van der Waals surface area contributed by atoms with Crippen LogP contribution in [0.2, 0.25) is 0 Å². The van der Waals surface area contributed by atoms with Gasteiger partial charge in [-0.2, -0.15) is 0 Å². The van der Waals surface area contributed by atoms with E-state index in [9.17, 15) is 10.1 Å². The van der Waals surface area contributed by atoms with Gasteiger partial charge in [-0.1, -0.05) is 0 Å². The lowest BCUT2D eigenvalue weighted by molar-refractivity contribution is -0.401. The third-order valence-corrected chi connectivity index (χ3v) is 1.78. The molecule has 0 aliphatic heterocycles. The second kappa shape index (κ2) is 3.21. The van der Waals surface area contributed by atoms with Gasteiger partial charge in [-0.3, -0.25) is 10.1 Å². The summed E-state index contributed by atoms with van der Waals surface area (Å²) in [5.41, 5.74) is 1.92. The van der Waals surface area contributed by atoms with Gasteiger partial charge in [0, 0.05) is 24.5 Å². The minimum atomic E-state index is -0.470. The molecule has 0 aliphatic rings. The molecule has 0 radical (unpaired) electrons. The third kappa shape index (κ3) is 1.72. The average molecular weight is 166 g/mol. The summed E-state index contributed by atoms with van der Waals surface area (Å²) in [4.78, 5) is 9.53. The van der Waals surface area contributed by atoms with E-state index in [4.69, 9.17) is 0 Å². The Morgan fingerprint density at radius 3 is 2.67 bits per heavy atom. The van der Waals surface area contributed by atoms with Gasteiger partial charge in [0.05, 0.1) is 4.92 Å². The molecule has 4 nitrogen and oxygen atoms in total. The molecule has 0 N–H and O–H groups in total. The zero-order valence-electron chi connectivity index (χ0n) is 7.02. The minimum Gasteiger partial charge on any atom is -0.348 e. The highest BCUT2D eigenvalue weighted by Crippen LogP contribution is 2.07. The first-order valence-corrected chi connectivity index (χ1v) is 3.55. The molecule has 0 bridgehead atoms. The molecule has 1 aromatic heterocycles. The van der Waals surface area contributed by atoms with E-state index in [1.54, 1.807) is 0 Å². The fourth-order valence-electron chi connectivity index (χ4n) is 0.938. The molecule has 0 saturated heterocycles. The summed E-state index contributed by atoms with van der Waals surface area (Å²) >= 11 is 0. The number of rotatable bonds is 2. The van der Waals surface area contributed by atoms with Crippen molar-refractivity contribution in [1.82, 2.24) is 4.57 Å². The van der Waals surface area contributed by atoms with E-state index in [1.807, 2.05) is 30.7 Å². The van der Waals surface area contributed by atoms with Gasteiger partial charge in [0.2, 0.25) is 6.20 Å². The highest BCUT2D eigenvalue weighted by atomic mass is 16.6. The molecule has 1 aromatic rings. The van der Waals surface area contributed by atoms with Crippen LogP contribution in [-0.4, -0.2) is 9.49 Å². The molecule has 1 heterocycles. The lowest BCUT2D eigenvalue weighted by Crippen LogP contribution is -1.93. The monoisotopic (exact) mass is 166 g/mol. The van der Waals surface area contributed by atoms with E-state index in [-0.39, 0.29) is 0 Å². The summed E-state index contributed by atoms with van der Waals surface area (Å²) in [5, 5.41) is 10.0. The molecule has 0 atom stereocenters. The average Bonchev–Trinajstić information content (AvgIpc) is 2.30. The van der Waals surface area contributed by atoms with E-state index in [2.05, 4.69) is 0 Å². The van der Waals surface area contributed by atoms with Gasteiger partial charge in [0.1, 0.15) is 0 Å². The van der Waals surface area contributed by atoms with Crippen LogP contribution in [0.1, 0.15) is 11.4 Å². The number of nitro groups is 1. The normalized spacial score (nSPS) is 10.8. The Kier molecular flexibility index (Phi) is 2.28. The lowest BCUT2D eigenvalue weighted by atomic mass is 10.4. The van der Waals surface area contributed by atoms with E-state index in [1.165, 1.54) is 6.08 Å². The van der Waals surface area contributed by atoms with E-state index in [0.717, 1.165) is 17.6 Å². The Morgan fingerprint density at radius 2 is 2.25 bits per heavy atom. The number of hydrogen-bond acceptors (Lipinski definition) is 2. The molecule has 64 valence electrons. The molecule has 4 heteroatoms. The predicted molar refractivity (Wildman–Crippen MR) is 46.2 cm³/mol. The van der Waals surface area contributed by atoms with Crippen LogP contribution in [0, 0.1) is 17.0 Å². The molecule has 1 rings (SSSR count). The Labute approximate surface area is 70.3 Å². The fourth-order valence-corrected chi connectivity index (χ4v) is 0.938. The van der Waals surface area contributed by atoms with Crippen molar-refractivity contribution in [2.45, 2.75) is 6.92 Å². The number of hydrogen-bond donors (Lipinski definition) is 0. The topological polar surface area (TPSA) is 48.1 Å². The van der Waals surface area contributed by atoms with Crippen LogP contribution in [0.25, 0.3) is 6.08 Å². The molecule has 0 saturated carbocycles. The summed E-state index contributed by atoms with van der Waals surface area (Å²) in [5.74, 6) is 0. The molecule has 0 fully saturated rings. The summed E-state index contributed by atoms with van der Waals surface area (Å²) in [7, 11) is 1.87. The fraction of sp³-hybridized carbons (Fsp3) is 0.250. The molecule has 0 aliphatic carbocycles. The Morgan fingerprint density at radius 1 is 1.58 bits per heavy atom. The smallest absolute Gasteiger partial charge is 0.236 e. The zero-order chi connectivity index (χ0) is 9.14. The Bertz CT molecular complexity index is 326. The van der Waals surface area contributed by atoms with Gasteiger partial charge in [-0.25, -0.2) is 0 Å². The van der Waals surface area contributed by atoms with Crippen LogP contribution in [0.3, 0.4) is 0 Å². The molecular weight excluding hydrogens is 156 g/mol. The van der Waals surface area contributed by atoms with E-state index in [0.29, 0.717) is 0 Å². The molecule has 12 heavy (non-hydrogen) atoms. The SMILES string of the molecule is Cc1ccc(/C=C\[N+](=O)[O-])n1C. The summed E-state index contributed by atoms with van der Waals surface area (Å²) in [6.45, 7) is 1.95. The van der Waals surface area contributed by atoms with Crippen LogP contribution in [0.4, 0.5) is 0 Å². The summed E-state index contributed by atoms with van der Waals surface area (Å²) < 4.78 is 1.89. The lowest BCUT2D eigenvalue weighted by Gasteiger charge is -1.97. The molecule has 0 spiro atoms. The van der Waals surface area contributed by atoms with Crippen molar-refractivity contribution in [2.24, 2.45) is 7.05 Å². The first kappa shape index (κ1) is 8.52. The number of aromatic nitrogens is 1.